The van der Waals surface area contributed by atoms with Crippen LogP contribution >= 0.6 is 0 Å². The lowest BCUT2D eigenvalue weighted by atomic mass is 9.95. The second-order valence-corrected chi connectivity index (χ2v) is 8.63. The minimum absolute atomic E-state index is 0.0166. The highest BCUT2D eigenvalue weighted by Crippen LogP contribution is 2.19. The van der Waals surface area contributed by atoms with E-state index < -0.39 is 6.04 Å². The number of nitrogens with zero attached hydrogens (tertiary/aromatic N) is 1. The normalized spacial score (nSPS) is 15.4. The molecule has 2 amide bonds. The van der Waals surface area contributed by atoms with E-state index in [2.05, 4.69) is 11.4 Å². The van der Waals surface area contributed by atoms with Crippen LogP contribution < -0.4 is 5.32 Å². The van der Waals surface area contributed by atoms with Gasteiger partial charge in [0.2, 0.25) is 11.8 Å². The van der Waals surface area contributed by atoms with Gasteiger partial charge in [-0.25, -0.2) is 0 Å². The first-order valence-corrected chi connectivity index (χ1v) is 11.1. The zero-order valence-corrected chi connectivity index (χ0v) is 18.5. The van der Waals surface area contributed by atoms with E-state index in [0.717, 1.165) is 35.1 Å². The summed E-state index contributed by atoms with van der Waals surface area (Å²) in [5, 5.41) is 3.19. The molecule has 1 saturated carbocycles. The van der Waals surface area contributed by atoms with Crippen LogP contribution in [-0.4, -0.2) is 28.8 Å². The fraction of sp³-hybridized carbons (Fsp3) is 0.462. The fourth-order valence-electron chi connectivity index (χ4n) is 4.23. The lowest BCUT2D eigenvalue weighted by molar-refractivity contribution is -0.140. The molecular formula is C26H34N2O2. The Bertz CT molecular complexity index is 871. The van der Waals surface area contributed by atoms with Crippen molar-refractivity contribution in [1.82, 2.24) is 10.2 Å². The molecule has 0 radical (unpaired) electrons. The molecule has 30 heavy (non-hydrogen) atoms. The van der Waals surface area contributed by atoms with Crippen molar-refractivity contribution in [1.29, 1.82) is 0 Å². The monoisotopic (exact) mass is 406 g/mol. The van der Waals surface area contributed by atoms with E-state index in [0.29, 0.717) is 13.0 Å². The average molecular weight is 407 g/mol. The maximum atomic E-state index is 13.3. The lowest BCUT2D eigenvalue weighted by Crippen LogP contribution is -2.50. The van der Waals surface area contributed by atoms with Gasteiger partial charge in [-0.1, -0.05) is 73.4 Å². The largest absolute Gasteiger partial charge is 0.352 e. The molecule has 1 N–H and O–H groups in total. The number of carbonyl (C=O) groups is 2. The third kappa shape index (κ3) is 5.94. The number of carbonyl (C=O) groups excluding carboxylic acids is 2. The summed E-state index contributed by atoms with van der Waals surface area (Å²) in [7, 11) is 0. The first kappa shape index (κ1) is 22.1. The summed E-state index contributed by atoms with van der Waals surface area (Å²) in [6, 6.07) is 15.8. The van der Waals surface area contributed by atoms with Crippen LogP contribution in [0.15, 0.2) is 48.5 Å². The summed E-state index contributed by atoms with van der Waals surface area (Å²) < 4.78 is 0. The second kappa shape index (κ2) is 10.4. The number of hydrogen-bond donors (Lipinski definition) is 1. The summed E-state index contributed by atoms with van der Waals surface area (Å²) in [5.74, 6) is -0.0650. The molecule has 3 rings (SSSR count). The van der Waals surface area contributed by atoms with E-state index in [-0.39, 0.29) is 17.9 Å². The number of hydrogen-bond acceptors (Lipinski definition) is 2. The van der Waals surface area contributed by atoms with Gasteiger partial charge in [-0.2, -0.15) is 0 Å². The molecule has 4 heteroatoms. The van der Waals surface area contributed by atoms with Crippen LogP contribution in [0.1, 0.15) is 61.3 Å². The van der Waals surface area contributed by atoms with Crippen molar-refractivity contribution in [3.63, 3.8) is 0 Å². The first-order valence-electron chi connectivity index (χ1n) is 11.1. The first-order chi connectivity index (χ1) is 14.4. The highest BCUT2D eigenvalue weighted by molar-refractivity contribution is 5.88. The number of rotatable bonds is 7. The van der Waals surface area contributed by atoms with Crippen molar-refractivity contribution < 1.29 is 9.59 Å². The molecule has 0 bridgehead atoms. The van der Waals surface area contributed by atoms with Crippen LogP contribution in [-0.2, 0) is 22.6 Å². The molecule has 0 heterocycles. The van der Waals surface area contributed by atoms with Crippen LogP contribution in [0.2, 0.25) is 0 Å². The van der Waals surface area contributed by atoms with E-state index in [1.54, 1.807) is 4.90 Å². The lowest BCUT2D eigenvalue weighted by Gasteiger charge is -2.31. The molecule has 4 nitrogen and oxygen atoms in total. The van der Waals surface area contributed by atoms with Gasteiger partial charge in [0.1, 0.15) is 6.04 Å². The maximum absolute atomic E-state index is 13.3. The number of amides is 2. The Morgan fingerprint density at radius 1 is 1.03 bits per heavy atom. The minimum Gasteiger partial charge on any atom is -0.352 e. The quantitative estimate of drug-likeness (QED) is 0.724. The van der Waals surface area contributed by atoms with E-state index in [1.807, 2.05) is 63.2 Å². The molecule has 160 valence electrons. The van der Waals surface area contributed by atoms with Gasteiger partial charge in [0.15, 0.2) is 0 Å². The predicted molar refractivity (Wildman–Crippen MR) is 121 cm³/mol. The summed E-state index contributed by atoms with van der Waals surface area (Å²) >= 11 is 0. The smallest absolute Gasteiger partial charge is 0.242 e. The van der Waals surface area contributed by atoms with Crippen LogP contribution in [0.3, 0.4) is 0 Å². The predicted octanol–water partition coefficient (Wildman–Crippen LogP) is 4.71. The highest BCUT2D eigenvalue weighted by atomic mass is 16.2. The Balaban J connectivity index is 1.77. The van der Waals surface area contributed by atoms with Crippen molar-refractivity contribution in [2.45, 2.75) is 77.9 Å². The van der Waals surface area contributed by atoms with Crippen LogP contribution in [0.5, 0.6) is 0 Å². The molecule has 2 aromatic rings. The molecule has 1 fully saturated rings. The molecule has 1 aliphatic carbocycles. The van der Waals surface area contributed by atoms with Gasteiger partial charge in [0.25, 0.3) is 0 Å². The Labute approximate surface area is 180 Å². The number of nitrogens with one attached hydrogen (secondary N) is 1. The topological polar surface area (TPSA) is 49.4 Å². The van der Waals surface area contributed by atoms with Crippen molar-refractivity contribution >= 4 is 11.8 Å². The SMILES string of the molecule is Cc1cccc(CN(C(=O)Cc2ccccc2C)C(C)C(=O)NC2CCCCC2)c1. The van der Waals surface area contributed by atoms with Gasteiger partial charge < -0.3 is 10.2 Å². The molecule has 2 aromatic carbocycles. The van der Waals surface area contributed by atoms with Gasteiger partial charge in [0, 0.05) is 12.6 Å². The summed E-state index contributed by atoms with van der Waals surface area (Å²) in [4.78, 5) is 28.1. The molecular weight excluding hydrogens is 372 g/mol. The van der Waals surface area contributed by atoms with E-state index in [4.69, 9.17) is 0 Å². The van der Waals surface area contributed by atoms with E-state index >= 15 is 0 Å². The third-order valence-electron chi connectivity index (χ3n) is 6.16. The zero-order valence-electron chi connectivity index (χ0n) is 18.5. The Hall–Kier alpha value is -2.62. The minimum atomic E-state index is -0.510. The van der Waals surface area contributed by atoms with Crippen LogP contribution in [0.4, 0.5) is 0 Å². The average Bonchev–Trinajstić information content (AvgIpc) is 2.74. The Kier molecular flexibility index (Phi) is 7.67. The Morgan fingerprint density at radius 3 is 2.47 bits per heavy atom. The number of benzene rings is 2. The van der Waals surface area contributed by atoms with Gasteiger partial charge in [-0.05, 0) is 50.3 Å². The maximum Gasteiger partial charge on any atom is 0.242 e. The molecule has 1 aliphatic rings. The number of aryl methyl sites for hydroxylation is 2. The van der Waals surface area contributed by atoms with Crippen LogP contribution in [0, 0.1) is 13.8 Å². The third-order valence-corrected chi connectivity index (χ3v) is 6.16. The summed E-state index contributed by atoms with van der Waals surface area (Å²) in [5.41, 5.74) is 4.31. The molecule has 0 spiro atoms. The van der Waals surface area contributed by atoms with Gasteiger partial charge in [-0.3, -0.25) is 9.59 Å². The summed E-state index contributed by atoms with van der Waals surface area (Å²) in [6.07, 6.45) is 5.95. The standard InChI is InChI=1S/C26H34N2O2/c1-19-10-9-12-22(16-19)18-28(25(29)17-23-13-8-7-11-20(23)2)21(3)26(30)27-24-14-5-4-6-15-24/h7-13,16,21,24H,4-6,14-15,17-18H2,1-3H3,(H,27,30). The molecule has 1 atom stereocenters. The fourth-order valence-corrected chi connectivity index (χ4v) is 4.23. The van der Waals surface area contributed by atoms with Crippen LogP contribution in [0.25, 0.3) is 0 Å². The summed E-state index contributed by atoms with van der Waals surface area (Å²) in [6.45, 7) is 6.35. The molecule has 1 unspecified atom stereocenters. The second-order valence-electron chi connectivity index (χ2n) is 8.63. The zero-order chi connectivity index (χ0) is 21.5. The Morgan fingerprint density at radius 2 is 1.77 bits per heavy atom. The molecule has 0 aromatic heterocycles. The van der Waals surface area contributed by atoms with Gasteiger partial charge in [0.05, 0.1) is 6.42 Å². The van der Waals surface area contributed by atoms with Crippen molar-refractivity contribution in [3.8, 4) is 0 Å². The van der Waals surface area contributed by atoms with Crippen molar-refractivity contribution in [3.05, 3.63) is 70.8 Å². The van der Waals surface area contributed by atoms with Crippen molar-refractivity contribution in [2.24, 2.45) is 0 Å². The van der Waals surface area contributed by atoms with Crippen molar-refractivity contribution in [2.75, 3.05) is 0 Å². The molecule has 0 saturated heterocycles. The van der Waals surface area contributed by atoms with Gasteiger partial charge >= 0.3 is 0 Å². The molecule has 0 aliphatic heterocycles. The van der Waals surface area contributed by atoms with E-state index in [1.165, 1.54) is 19.3 Å². The van der Waals surface area contributed by atoms with Gasteiger partial charge in [-0.15, -0.1) is 0 Å². The van der Waals surface area contributed by atoms with E-state index in [9.17, 15) is 9.59 Å². The highest BCUT2D eigenvalue weighted by Gasteiger charge is 2.28.